The number of aliphatic hydroxyl groups is 1. The Balaban J connectivity index is 2.38. The van der Waals surface area contributed by atoms with Gasteiger partial charge in [-0.1, -0.05) is 23.2 Å². The van der Waals surface area contributed by atoms with Gasteiger partial charge in [-0.2, -0.15) is 0 Å². The van der Waals surface area contributed by atoms with Crippen LogP contribution >= 0.6 is 23.2 Å². The number of aliphatic hydroxyl groups excluding tert-OH is 1. The van der Waals surface area contributed by atoms with E-state index >= 15 is 0 Å². The molecule has 0 saturated carbocycles. The number of hydrogen-bond acceptors (Lipinski definition) is 3. The van der Waals surface area contributed by atoms with Crippen molar-refractivity contribution in [1.82, 2.24) is 0 Å². The molecule has 1 aromatic carbocycles. The molecule has 88 valence electrons. The van der Waals surface area contributed by atoms with Crippen molar-refractivity contribution in [2.75, 3.05) is 19.8 Å². The van der Waals surface area contributed by atoms with Gasteiger partial charge in [0, 0.05) is 28.6 Å². The van der Waals surface area contributed by atoms with Gasteiger partial charge in [-0.05, 0) is 18.2 Å². The summed E-state index contributed by atoms with van der Waals surface area (Å²) in [6, 6.07) is 5.14. The van der Waals surface area contributed by atoms with Crippen LogP contribution in [-0.4, -0.2) is 24.9 Å². The van der Waals surface area contributed by atoms with Crippen LogP contribution in [0.4, 0.5) is 0 Å². The van der Waals surface area contributed by atoms with E-state index in [1.54, 1.807) is 18.2 Å². The topological polar surface area (TPSA) is 38.7 Å². The fourth-order valence-electron chi connectivity index (χ4n) is 1.83. The Morgan fingerprint density at radius 2 is 1.69 bits per heavy atom. The maximum Gasteiger partial charge on any atom is 0.197 e. The van der Waals surface area contributed by atoms with Crippen molar-refractivity contribution in [2.45, 2.75) is 12.2 Å². The van der Waals surface area contributed by atoms with E-state index in [1.165, 1.54) is 0 Å². The van der Waals surface area contributed by atoms with E-state index < -0.39 is 5.79 Å². The smallest absolute Gasteiger partial charge is 0.197 e. The lowest BCUT2D eigenvalue weighted by atomic mass is 10.0. The Morgan fingerprint density at radius 3 is 2.19 bits per heavy atom. The first kappa shape index (κ1) is 12.1. The summed E-state index contributed by atoms with van der Waals surface area (Å²) < 4.78 is 11.2. The molecule has 1 saturated heterocycles. The van der Waals surface area contributed by atoms with Crippen molar-refractivity contribution in [2.24, 2.45) is 0 Å². The third-order valence-electron chi connectivity index (χ3n) is 2.50. The summed E-state index contributed by atoms with van der Waals surface area (Å²) in [6.45, 7) is 0.985. The highest BCUT2D eigenvalue weighted by Gasteiger charge is 2.38. The van der Waals surface area contributed by atoms with Crippen molar-refractivity contribution in [3.63, 3.8) is 0 Å². The highest BCUT2D eigenvalue weighted by Crippen LogP contribution is 2.37. The van der Waals surface area contributed by atoms with Crippen molar-refractivity contribution in [1.29, 1.82) is 0 Å². The van der Waals surface area contributed by atoms with Crippen LogP contribution in [0.25, 0.3) is 0 Å². The van der Waals surface area contributed by atoms with E-state index in [-0.39, 0.29) is 6.61 Å². The third-order valence-corrected chi connectivity index (χ3v) is 2.93. The number of hydrogen-bond donors (Lipinski definition) is 1. The minimum atomic E-state index is -0.900. The second-order valence-electron chi connectivity index (χ2n) is 3.58. The molecular weight excluding hydrogens is 251 g/mol. The minimum absolute atomic E-state index is 0.0237. The van der Waals surface area contributed by atoms with Crippen molar-refractivity contribution in [3.05, 3.63) is 33.8 Å². The summed E-state index contributed by atoms with van der Waals surface area (Å²) in [5.74, 6) is -0.900. The van der Waals surface area contributed by atoms with Crippen LogP contribution in [0, 0.1) is 0 Å². The molecule has 3 nitrogen and oxygen atoms in total. The molecule has 1 aromatic rings. The zero-order chi connectivity index (χ0) is 11.6. The lowest BCUT2D eigenvalue weighted by molar-refractivity contribution is -0.175. The quantitative estimate of drug-likeness (QED) is 0.910. The first-order valence-electron chi connectivity index (χ1n) is 5.02. The van der Waals surface area contributed by atoms with Gasteiger partial charge in [0.15, 0.2) is 5.79 Å². The van der Waals surface area contributed by atoms with E-state index in [2.05, 4.69) is 0 Å². The average molecular weight is 263 g/mol. The zero-order valence-corrected chi connectivity index (χ0v) is 10.1. The van der Waals surface area contributed by atoms with Crippen molar-refractivity contribution >= 4 is 23.2 Å². The fraction of sp³-hybridized carbons (Fsp3) is 0.455. The van der Waals surface area contributed by atoms with E-state index in [0.29, 0.717) is 29.7 Å². The van der Waals surface area contributed by atoms with Gasteiger partial charge in [0.05, 0.1) is 13.2 Å². The van der Waals surface area contributed by atoms with Gasteiger partial charge in [-0.25, -0.2) is 0 Å². The number of rotatable bonds is 3. The second kappa shape index (κ2) is 4.90. The molecule has 0 aliphatic carbocycles. The molecule has 1 aliphatic rings. The van der Waals surface area contributed by atoms with Crippen LogP contribution in [0.3, 0.4) is 0 Å². The Labute approximate surface area is 104 Å². The monoisotopic (exact) mass is 262 g/mol. The first-order chi connectivity index (χ1) is 7.66. The molecule has 5 heteroatoms. The summed E-state index contributed by atoms with van der Waals surface area (Å²) in [5, 5.41) is 10.1. The normalized spacial score (nSPS) is 18.9. The van der Waals surface area contributed by atoms with E-state index in [9.17, 15) is 0 Å². The van der Waals surface area contributed by atoms with Gasteiger partial charge in [0.1, 0.15) is 0 Å². The van der Waals surface area contributed by atoms with Crippen LogP contribution < -0.4 is 0 Å². The van der Waals surface area contributed by atoms with Gasteiger partial charge in [-0.15, -0.1) is 0 Å². The molecule has 1 heterocycles. The first-order valence-corrected chi connectivity index (χ1v) is 5.77. The third kappa shape index (κ3) is 2.34. The molecule has 1 fully saturated rings. The van der Waals surface area contributed by atoms with E-state index in [4.69, 9.17) is 37.8 Å². The van der Waals surface area contributed by atoms with Gasteiger partial charge < -0.3 is 14.6 Å². The highest BCUT2D eigenvalue weighted by molar-refractivity contribution is 6.34. The Hall–Kier alpha value is -0.320. The van der Waals surface area contributed by atoms with Crippen LogP contribution in [0.1, 0.15) is 12.0 Å². The molecular formula is C11H12Cl2O3. The molecule has 0 amide bonds. The average Bonchev–Trinajstić information content (AvgIpc) is 2.66. The molecule has 1 aliphatic heterocycles. The molecule has 0 atom stereocenters. The molecule has 0 radical (unpaired) electrons. The lowest BCUT2D eigenvalue weighted by Gasteiger charge is -2.27. The second-order valence-corrected chi connectivity index (χ2v) is 4.45. The standard InChI is InChI=1S/C11H12Cl2O3/c12-9-5-8(6-10(13)7-9)11(1-2-14)15-3-4-16-11/h5-7,14H,1-4H2. The van der Waals surface area contributed by atoms with Crippen molar-refractivity contribution < 1.29 is 14.6 Å². The predicted octanol–water partition coefficient (Wildman–Crippen LogP) is 2.58. The summed E-state index contributed by atoms with van der Waals surface area (Å²) >= 11 is 11.9. The summed E-state index contributed by atoms with van der Waals surface area (Å²) in [5.41, 5.74) is 0.747. The largest absolute Gasteiger partial charge is 0.396 e. The fourth-order valence-corrected chi connectivity index (χ4v) is 2.36. The number of ether oxygens (including phenoxy) is 2. The summed E-state index contributed by atoms with van der Waals surface area (Å²) in [4.78, 5) is 0. The summed E-state index contributed by atoms with van der Waals surface area (Å²) in [7, 11) is 0. The zero-order valence-electron chi connectivity index (χ0n) is 8.58. The maximum absolute atomic E-state index is 9.07. The Morgan fingerprint density at radius 1 is 1.12 bits per heavy atom. The molecule has 0 bridgehead atoms. The molecule has 0 spiro atoms. The predicted molar refractivity (Wildman–Crippen MR) is 61.7 cm³/mol. The molecule has 0 unspecified atom stereocenters. The Bertz CT molecular complexity index is 355. The van der Waals surface area contributed by atoms with Gasteiger partial charge in [0.25, 0.3) is 0 Å². The SMILES string of the molecule is OCCC1(c2cc(Cl)cc(Cl)c2)OCCO1. The summed E-state index contributed by atoms with van der Waals surface area (Å²) in [6.07, 6.45) is 0.365. The van der Waals surface area contributed by atoms with Gasteiger partial charge in [0.2, 0.25) is 0 Å². The maximum atomic E-state index is 9.07. The van der Waals surface area contributed by atoms with E-state index in [1.807, 2.05) is 0 Å². The van der Waals surface area contributed by atoms with Crippen LogP contribution in [0.2, 0.25) is 10.0 Å². The Kier molecular flexibility index (Phi) is 3.72. The lowest BCUT2D eigenvalue weighted by Crippen LogP contribution is -2.28. The van der Waals surface area contributed by atoms with Crippen molar-refractivity contribution in [3.8, 4) is 0 Å². The molecule has 16 heavy (non-hydrogen) atoms. The van der Waals surface area contributed by atoms with Gasteiger partial charge in [-0.3, -0.25) is 0 Å². The van der Waals surface area contributed by atoms with E-state index in [0.717, 1.165) is 5.56 Å². The molecule has 1 N–H and O–H groups in total. The molecule has 0 aromatic heterocycles. The van der Waals surface area contributed by atoms with Crippen LogP contribution in [0.15, 0.2) is 18.2 Å². The van der Waals surface area contributed by atoms with Crippen LogP contribution in [-0.2, 0) is 15.3 Å². The van der Waals surface area contributed by atoms with Gasteiger partial charge >= 0.3 is 0 Å². The number of benzene rings is 1. The minimum Gasteiger partial charge on any atom is -0.396 e. The molecule has 2 rings (SSSR count). The number of halogens is 2. The van der Waals surface area contributed by atoms with Crippen LogP contribution in [0.5, 0.6) is 0 Å². The highest BCUT2D eigenvalue weighted by atomic mass is 35.5.